The summed E-state index contributed by atoms with van der Waals surface area (Å²) in [5, 5.41) is 14.4. The van der Waals surface area contributed by atoms with Gasteiger partial charge in [-0.2, -0.15) is 0 Å². The van der Waals surface area contributed by atoms with E-state index in [9.17, 15) is 24.5 Å². The van der Waals surface area contributed by atoms with E-state index in [-0.39, 0.29) is 34.3 Å². The summed E-state index contributed by atoms with van der Waals surface area (Å²) in [6, 6.07) is 18.4. The molecule has 0 fully saturated rings. The number of carbonyl (C=O) groups is 3. The lowest BCUT2D eigenvalue weighted by molar-refractivity contribution is -0.384. The van der Waals surface area contributed by atoms with Gasteiger partial charge >= 0.3 is 5.97 Å². The monoisotopic (exact) mass is 561 g/mol. The number of aromatic nitrogens is 1. The quantitative estimate of drug-likeness (QED) is 0.0997. The van der Waals surface area contributed by atoms with Crippen molar-refractivity contribution in [1.82, 2.24) is 10.3 Å². The van der Waals surface area contributed by atoms with Crippen LogP contribution in [0.15, 0.2) is 78.9 Å². The third-order valence-corrected chi connectivity index (χ3v) is 6.24. The number of nitrogen functional groups attached to an aromatic ring is 1. The maximum Gasteiger partial charge on any atom is 0.325 e. The van der Waals surface area contributed by atoms with Crippen LogP contribution < -0.4 is 16.0 Å². The molecule has 0 aliphatic rings. The first-order valence-corrected chi connectivity index (χ1v) is 12.5. The number of ether oxygens (including phenoxy) is 1. The van der Waals surface area contributed by atoms with Crippen molar-refractivity contribution in [2.75, 3.05) is 23.8 Å². The summed E-state index contributed by atoms with van der Waals surface area (Å²) in [4.78, 5) is 56.1. The highest BCUT2D eigenvalue weighted by Crippen LogP contribution is 2.35. The minimum Gasteiger partial charge on any atom is -0.465 e. The molecule has 0 saturated heterocycles. The van der Waals surface area contributed by atoms with Gasteiger partial charge in [-0.15, -0.1) is 0 Å². The van der Waals surface area contributed by atoms with Crippen LogP contribution in [0.5, 0.6) is 0 Å². The zero-order chi connectivity index (χ0) is 28.8. The van der Waals surface area contributed by atoms with Crippen molar-refractivity contribution in [2.45, 2.75) is 13.0 Å². The van der Waals surface area contributed by atoms with E-state index in [4.69, 9.17) is 22.1 Å². The van der Waals surface area contributed by atoms with E-state index in [2.05, 4.69) is 10.3 Å². The number of carbonyl (C=O) groups excluding carboxylic acids is 3. The molecule has 1 heterocycles. The first-order chi connectivity index (χ1) is 19.2. The van der Waals surface area contributed by atoms with Crippen LogP contribution in [-0.2, 0) is 14.3 Å². The molecular formula is C28H24ClN5O6. The van der Waals surface area contributed by atoms with Gasteiger partial charge in [-0.05, 0) is 55.5 Å². The van der Waals surface area contributed by atoms with E-state index >= 15 is 0 Å². The van der Waals surface area contributed by atoms with Gasteiger partial charge in [-0.25, -0.2) is 4.98 Å². The summed E-state index contributed by atoms with van der Waals surface area (Å²) >= 11 is 6.60. The highest BCUT2D eigenvalue weighted by molar-refractivity contribution is 6.31. The lowest BCUT2D eigenvalue weighted by Crippen LogP contribution is -2.45. The number of nitro groups is 1. The average Bonchev–Trinajstić information content (AvgIpc) is 2.95. The molecule has 204 valence electrons. The number of nitrogens with zero attached hydrogens (tertiary/aromatic N) is 3. The molecule has 0 aliphatic heterocycles. The Balaban J connectivity index is 1.90. The van der Waals surface area contributed by atoms with Gasteiger partial charge in [0.15, 0.2) is 0 Å². The third-order valence-electron chi connectivity index (χ3n) is 5.93. The number of halogens is 1. The molecule has 4 aromatic rings. The summed E-state index contributed by atoms with van der Waals surface area (Å²) < 4.78 is 4.92. The van der Waals surface area contributed by atoms with Gasteiger partial charge < -0.3 is 15.8 Å². The number of amides is 2. The second-order valence-corrected chi connectivity index (χ2v) is 8.92. The van der Waals surface area contributed by atoms with Crippen molar-refractivity contribution < 1.29 is 24.0 Å². The van der Waals surface area contributed by atoms with Crippen molar-refractivity contribution >= 4 is 57.3 Å². The smallest absolute Gasteiger partial charge is 0.325 e. The van der Waals surface area contributed by atoms with Crippen LogP contribution in [0.25, 0.3) is 10.9 Å². The van der Waals surface area contributed by atoms with Crippen LogP contribution >= 0.6 is 11.6 Å². The maximum absolute atomic E-state index is 14.0. The van der Waals surface area contributed by atoms with Gasteiger partial charge in [0.2, 0.25) is 5.91 Å². The number of rotatable bonds is 9. The minimum atomic E-state index is -1.44. The molecule has 2 amide bonds. The van der Waals surface area contributed by atoms with Crippen LogP contribution in [0.2, 0.25) is 5.15 Å². The average molecular weight is 562 g/mol. The number of hydrogen-bond acceptors (Lipinski definition) is 8. The molecule has 0 spiro atoms. The summed E-state index contributed by atoms with van der Waals surface area (Å²) in [7, 11) is 0. The number of benzene rings is 3. The molecule has 3 N–H and O–H groups in total. The molecule has 40 heavy (non-hydrogen) atoms. The Kier molecular flexibility index (Phi) is 8.55. The minimum absolute atomic E-state index is 0.0491. The molecule has 4 rings (SSSR count). The fraction of sp³-hybridized carbons (Fsp3) is 0.143. The number of non-ortho nitro benzene ring substituents is 1. The standard InChI is InChI=1S/C28H24ClN5O6/c1-2-40-24(35)16-31-27(36)25(22-15-18-5-3-4-6-23(18)32-26(22)29)33(20-11-13-21(14-12-20)34(38)39)28(37)17-7-9-19(30)10-8-17/h3-15,25H,2,16,30H2,1H3,(H,31,36). The molecule has 12 heteroatoms. The summed E-state index contributed by atoms with van der Waals surface area (Å²) in [5.41, 5.74) is 7.09. The Bertz CT molecular complexity index is 1580. The van der Waals surface area contributed by atoms with Crippen molar-refractivity contribution in [1.29, 1.82) is 0 Å². The highest BCUT2D eigenvalue weighted by Gasteiger charge is 2.36. The second kappa shape index (κ2) is 12.2. The van der Waals surface area contributed by atoms with E-state index in [1.165, 1.54) is 48.5 Å². The van der Waals surface area contributed by atoms with Crippen molar-refractivity contribution in [2.24, 2.45) is 0 Å². The fourth-order valence-corrected chi connectivity index (χ4v) is 4.30. The molecular weight excluding hydrogens is 538 g/mol. The second-order valence-electron chi connectivity index (χ2n) is 8.56. The summed E-state index contributed by atoms with van der Waals surface area (Å²) in [6.45, 7) is 1.28. The zero-order valence-electron chi connectivity index (χ0n) is 21.2. The Morgan fingerprint density at radius 3 is 2.40 bits per heavy atom. The summed E-state index contributed by atoms with van der Waals surface area (Å²) in [6.07, 6.45) is 0. The molecule has 0 saturated carbocycles. The third kappa shape index (κ3) is 6.16. The van der Waals surface area contributed by atoms with Crippen LogP contribution in [0, 0.1) is 10.1 Å². The number of nitrogens with two attached hydrogens (primary N) is 1. The normalized spacial score (nSPS) is 11.4. The number of anilines is 2. The number of hydrogen-bond donors (Lipinski definition) is 2. The number of nitrogens with one attached hydrogen (secondary N) is 1. The van der Waals surface area contributed by atoms with Gasteiger partial charge in [-0.1, -0.05) is 29.8 Å². The highest BCUT2D eigenvalue weighted by atomic mass is 35.5. The fourth-order valence-electron chi connectivity index (χ4n) is 4.05. The van der Waals surface area contributed by atoms with E-state index in [0.717, 1.165) is 4.90 Å². The Hall–Kier alpha value is -5.03. The first kappa shape index (κ1) is 28.0. The predicted octanol–water partition coefficient (Wildman–Crippen LogP) is 4.45. The molecule has 1 aromatic heterocycles. The Labute approximate surface area is 233 Å². The first-order valence-electron chi connectivity index (χ1n) is 12.1. The number of pyridine rings is 1. The van der Waals surface area contributed by atoms with Crippen LogP contribution in [0.3, 0.4) is 0 Å². The van der Waals surface area contributed by atoms with Crippen molar-refractivity contribution in [3.8, 4) is 0 Å². The van der Waals surface area contributed by atoms with Gasteiger partial charge in [0, 0.05) is 40.0 Å². The molecule has 1 atom stereocenters. The maximum atomic E-state index is 14.0. The Morgan fingerprint density at radius 1 is 1.07 bits per heavy atom. The van der Waals surface area contributed by atoms with Gasteiger partial charge in [0.1, 0.15) is 17.7 Å². The number of nitro benzene ring substituents is 1. The van der Waals surface area contributed by atoms with Crippen LogP contribution in [-0.4, -0.2) is 40.8 Å². The topological polar surface area (TPSA) is 158 Å². The largest absolute Gasteiger partial charge is 0.465 e. The molecule has 0 radical (unpaired) electrons. The number of esters is 1. The van der Waals surface area contributed by atoms with Gasteiger partial charge in [0.05, 0.1) is 17.0 Å². The molecule has 3 aromatic carbocycles. The molecule has 0 aliphatic carbocycles. The van der Waals surface area contributed by atoms with Gasteiger partial charge in [0.25, 0.3) is 11.6 Å². The lowest BCUT2D eigenvalue weighted by atomic mass is 10.0. The van der Waals surface area contributed by atoms with Gasteiger partial charge in [-0.3, -0.25) is 29.4 Å². The molecule has 11 nitrogen and oxygen atoms in total. The zero-order valence-corrected chi connectivity index (χ0v) is 22.0. The van der Waals surface area contributed by atoms with E-state index < -0.39 is 35.3 Å². The molecule has 1 unspecified atom stereocenters. The summed E-state index contributed by atoms with van der Waals surface area (Å²) in [5.74, 6) is -2.06. The molecule has 0 bridgehead atoms. The van der Waals surface area contributed by atoms with Crippen molar-refractivity contribution in [3.63, 3.8) is 0 Å². The SMILES string of the molecule is CCOC(=O)CNC(=O)C(c1cc2ccccc2nc1Cl)N(C(=O)c1ccc(N)cc1)c1ccc([N+](=O)[O-])cc1. The van der Waals surface area contributed by atoms with E-state index in [0.29, 0.717) is 16.6 Å². The van der Waals surface area contributed by atoms with E-state index in [1.54, 1.807) is 37.3 Å². The lowest BCUT2D eigenvalue weighted by Gasteiger charge is -2.32. The number of fused-ring (bicyclic) bond motifs is 1. The van der Waals surface area contributed by atoms with E-state index in [1.807, 2.05) is 0 Å². The van der Waals surface area contributed by atoms with Crippen LogP contribution in [0.1, 0.15) is 28.9 Å². The number of para-hydroxylation sites is 1. The predicted molar refractivity (Wildman–Crippen MR) is 150 cm³/mol. The van der Waals surface area contributed by atoms with Crippen molar-refractivity contribution in [3.05, 3.63) is 105 Å². The Morgan fingerprint density at radius 2 is 1.75 bits per heavy atom. The van der Waals surface area contributed by atoms with Crippen LogP contribution in [0.4, 0.5) is 17.1 Å².